The molecule has 1 atom stereocenters. The lowest BCUT2D eigenvalue weighted by Gasteiger charge is -2.22. The Kier molecular flexibility index (Phi) is 6.28. The molecule has 2 rings (SSSR count). The van der Waals surface area contributed by atoms with Crippen molar-refractivity contribution in [3.8, 4) is 0 Å². The van der Waals surface area contributed by atoms with Crippen molar-refractivity contribution in [1.82, 2.24) is 10.6 Å². The average molecular weight is 342 g/mol. The van der Waals surface area contributed by atoms with Gasteiger partial charge in [-0.25, -0.2) is 4.39 Å². The Labute approximate surface area is 147 Å². The fraction of sp³-hybridized carbons (Fsp3) is 0.300. The summed E-state index contributed by atoms with van der Waals surface area (Å²) in [5.41, 5.74) is 2.16. The highest BCUT2D eigenvalue weighted by molar-refractivity contribution is 5.97. The molecule has 25 heavy (non-hydrogen) atoms. The zero-order valence-electron chi connectivity index (χ0n) is 14.7. The average Bonchev–Trinajstić information content (AvgIpc) is 2.57. The third-order valence-electron chi connectivity index (χ3n) is 3.87. The number of carbonyl (C=O) groups is 2. The highest BCUT2D eigenvalue weighted by atomic mass is 19.1. The first-order valence-corrected chi connectivity index (χ1v) is 8.26. The van der Waals surface area contributed by atoms with E-state index in [2.05, 4.69) is 10.6 Å². The second kappa shape index (κ2) is 8.42. The van der Waals surface area contributed by atoms with E-state index in [1.807, 2.05) is 26.8 Å². The molecule has 0 aliphatic carbocycles. The van der Waals surface area contributed by atoms with Crippen LogP contribution in [0.5, 0.6) is 0 Å². The molecule has 132 valence electrons. The molecule has 2 aromatic rings. The van der Waals surface area contributed by atoms with E-state index in [-0.39, 0.29) is 30.1 Å². The molecule has 0 saturated carbocycles. The van der Waals surface area contributed by atoms with Crippen LogP contribution in [0.25, 0.3) is 0 Å². The van der Waals surface area contributed by atoms with E-state index < -0.39 is 6.04 Å². The van der Waals surface area contributed by atoms with Crippen molar-refractivity contribution in [1.29, 1.82) is 0 Å². The molecule has 2 N–H and O–H groups in total. The van der Waals surface area contributed by atoms with E-state index >= 15 is 0 Å². The largest absolute Gasteiger partial charge is 0.350 e. The Hall–Kier alpha value is -2.69. The number of hydrogen-bond donors (Lipinski definition) is 2. The van der Waals surface area contributed by atoms with Gasteiger partial charge in [0.15, 0.2) is 0 Å². The number of hydrogen-bond acceptors (Lipinski definition) is 2. The van der Waals surface area contributed by atoms with Crippen LogP contribution in [-0.4, -0.2) is 17.9 Å². The summed E-state index contributed by atoms with van der Waals surface area (Å²) in [7, 11) is 0. The van der Waals surface area contributed by atoms with Gasteiger partial charge in [0, 0.05) is 12.1 Å². The van der Waals surface area contributed by atoms with E-state index in [0.717, 1.165) is 5.56 Å². The molecule has 1 unspecified atom stereocenters. The minimum Gasteiger partial charge on any atom is -0.350 e. The van der Waals surface area contributed by atoms with E-state index in [1.165, 1.54) is 12.1 Å². The summed E-state index contributed by atoms with van der Waals surface area (Å²) in [5.74, 6) is -1.01. The molecule has 0 aliphatic heterocycles. The van der Waals surface area contributed by atoms with Gasteiger partial charge < -0.3 is 10.6 Å². The van der Waals surface area contributed by atoms with Crippen LogP contribution in [0.3, 0.4) is 0 Å². The van der Waals surface area contributed by atoms with Crippen LogP contribution in [0.15, 0.2) is 48.5 Å². The van der Waals surface area contributed by atoms with Crippen LogP contribution in [-0.2, 0) is 11.3 Å². The number of rotatable bonds is 6. The van der Waals surface area contributed by atoms with E-state index in [9.17, 15) is 14.0 Å². The Morgan fingerprint density at radius 1 is 1.08 bits per heavy atom. The topological polar surface area (TPSA) is 58.2 Å². The predicted octanol–water partition coefficient (Wildman–Crippen LogP) is 3.20. The Balaban J connectivity index is 2.01. The number of nitrogens with one attached hydrogen (secondary N) is 2. The van der Waals surface area contributed by atoms with Crippen LogP contribution >= 0.6 is 0 Å². The first-order chi connectivity index (χ1) is 11.9. The molecule has 0 spiro atoms. The molecule has 2 amide bonds. The van der Waals surface area contributed by atoms with Crippen molar-refractivity contribution >= 4 is 11.8 Å². The summed E-state index contributed by atoms with van der Waals surface area (Å²) in [6, 6.07) is 12.6. The van der Waals surface area contributed by atoms with Gasteiger partial charge in [-0.3, -0.25) is 9.59 Å². The summed E-state index contributed by atoms with van der Waals surface area (Å²) >= 11 is 0. The number of aryl methyl sites for hydroxylation is 1. The zero-order valence-corrected chi connectivity index (χ0v) is 14.7. The second-order valence-corrected chi connectivity index (χ2v) is 6.41. The Bertz CT molecular complexity index is 759. The number of benzene rings is 2. The lowest BCUT2D eigenvalue weighted by Crippen LogP contribution is -2.49. The highest BCUT2D eigenvalue weighted by Gasteiger charge is 2.24. The van der Waals surface area contributed by atoms with Crippen LogP contribution in [0.1, 0.15) is 35.3 Å². The molecule has 4 nitrogen and oxygen atoms in total. The maximum atomic E-state index is 13.2. The molecule has 0 radical (unpaired) electrons. The van der Waals surface area contributed by atoms with Crippen molar-refractivity contribution < 1.29 is 14.0 Å². The molecule has 5 heteroatoms. The van der Waals surface area contributed by atoms with Crippen LogP contribution in [0, 0.1) is 18.7 Å². The van der Waals surface area contributed by atoms with Gasteiger partial charge in [-0.2, -0.15) is 0 Å². The van der Waals surface area contributed by atoms with Crippen LogP contribution in [0.4, 0.5) is 4.39 Å². The smallest absolute Gasteiger partial charge is 0.251 e. The summed E-state index contributed by atoms with van der Waals surface area (Å²) in [6.07, 6.45) is 0. The Morgan fingerprint density at radius 3 is 2.44 bits per heavy atom. The fourth-order valence-corrected chi connectivity index (χ4v) is 2.49. The quantitative estimate of drug-likeness (QED) is 0.847. The maximum Gasteiger partial charge on any atom is 0.251 e. The SMILES string of the molecule is Cc1cccc(C(=O)NC(C(=O)NCc2cccc(F)c2)C(C)C)c1. The van der Waals surface area contributed by atoms with Crippen LogP contribution in [0.2, 0.25) is 0 Å². The summed E-state index contributed by atoms with van der Waals surface area (Å²) in [5, 5.41) is 5.54. The van der Waals surface area contributed by atoms with Gasteiger partial charge in [-0.1, -0.05) is 43.7 Å². The minimum atomic E-state index is -0.665. The van der Waals surface area contributed by atoms with Gasteiger partial charge in [-0.15, -0.1) is 0 Å². The van der Waals surface area contributed by atoms with Gasteiger partial charge in [0.25, 0.3) is 5.91 Å². The number of amides is 2. The standard InChI is InChI=1S/C20H23FN2O2/c1-13(2)18(23-19(24)16-8-4-6-14(3)10-16)20(25)22-12-15-7-5-9-17(21)11-15/h4-11,13,18H,12H2,1-3H3,(H,22,25)(H,23,24). The third kappa shape index (κ3) is 5.41. The number of halogens is 1. The lowest BCUT2D eigenvalue weighted by molar-refractivity contribution is -0.124. The first kappa shape index (κ1) is 18.6. The molecular weight excluding hydrogens is 319 g/mol. The van der Waals surface area contributed by atoms with Gasteiger partial charge in [0.05, 0.1) is 0 Å². The van der Waals surface area contributed by atoms with E-state index in [0.29, 0.717) is 11.1 Å². The third-order valence-corrected chi connectivity index (χ3v) is 3.87. The molecular formula is C20H23FN2O2. The molecule has 0 aromatic heterocycles. The molecule has 0 fully saturated rings. The zero-order chi connectivity index (χ0) is 18.4. The van der Waals surface area contributed by atoms with E-state index in [4.69, 9.17) is 0 Å². The van der Waals surface area contributed by atoms with Gasteiger partial charge in [0.1, 0.15) is 11.9 Å². The van der Waals surface area contributed by atoms with Crippen molar-refractivity contribution in [3.63, 3.8) is 0 Å². The lowest BCUT2D eigenvalue weighted by atomic mass is 10.0. The normalized spacial score (nSPS) is 11.9. The molecule has 0 aliphatic rings. The van der Waals surface area contributed by atoms with Crippen molar-refractivity contribution in [2.75, 3.05) is 0 Å². The first-order valence-electron chi connectivity index (χ1n) is 8.26. The fourth-order valence-electron chi connectivity index (χ4n) is 2.49. The predicted molar refractivity (Wildman–Crippen MR) is 95.5 cm³/mol. The highest BCUT2D eigenvalue weighted by Crippen LogP contribution is 2.08. The van der Waals surface area contributed by atoms with Crippen molar-refractivity contribution in [2.45, 2.75) is 33.4 Å². The molecule has 0 heterocycles. The van der Waals surface area contributed by atoms with Gasteiger partial charge >= 0.3 is 0 Å². The van der Waals surface area contributed by atoms with E-state index in [1.54, 1.807) is 30.3 Å². The Morgan fingerprint density at radius 2 is 1.80 bits per heavy atom. The molecule has 0 bridgehead atoms. The van der Waals surface area contributed by atoms with Crippen molar-refractivity contribution in [3.05, 3.63) is 71.0 Å². The molecule has 2 aromatic carbocycles. The summed E-state index contributed by atoms with van der Waals surface area (Å²) in [4.78, 5) is 24.9. The van der Waals surface area contributed by atoms with Gasteiger partial charge in [-0.05, 0) is 42.7 Å². The van der Waals surface area contributed by atoms with Crippen LogP contribution < -0.4 is 10.6 Å². The maximum absolute atomic E-state index is 13.2. The summed E-state index contributed by atoms with van der Waals surface area (Å²) < 4.78 is 13.2. The number of carbonyl (C=O) groups excluding carboxylic acids is 2. The minimum absolute atomic E-state index is 0.0822. The van der Waals surface area contributed by atoms with Crippen molar-refractivity contribution in [2.24, 2.45) is 5.92 Å². The summed E-state index contributed by atoms with van der Waals surface area (Å²) in [6.45, 7) is 5.84. The van der Waals surface area contributed by atoms with Gasteiger partial charge in [0.2, 0.25) is 5.91 Å². The monoisotopic (exact) mass is 342 g/mol. The second-order valence-electron chi connectivity index (χ2n) is 6.41. The molecule has 0 saturated heterocycles.